The van der Waals surface area contributed by atoms with Crippen molar-refractivity contribution in [3.63, 3.8) is 0 Å². The zero-order valence-electron chi connectivity index (χ0n) is 12.2. The maximum absolute atomic E-state index is 13.2. The van der Waals surface area contributed by atoms with E-state index in [1.54, 1.807) is 22.4 Å². The van der Waals surface area contributed by atoms with Crippen LogP contribution in [0.4, 0.5) is 14.3 Å². The number of anilines is 1. The van der Waals surface area contributed by atoms with Gasteiger partial charge in [0.1, 0.15) is 5.82 Å². The van der Waals surface area contributed by atoms with Crippen LogP contribution < -0.4 is 11.1 Å². The summed E-state index contributed by atoms with van der Waals surface area (Å²) in [5, 5.41) is 4.87. The molecule has 0 unspecified atom stereocenters. The van der Waals surface area contributed by atoms with Crippen LogP contribution in [0.25, 0.3) is 11.3 Å². The molecule has 3 N–H and O–H groups in total. The molecule has 3 amide bonds. The SMILES string of the molecule is NC(=O)[C@H]1CCN(C(=O)Nc2nc(-c3cccc(F)c3)cs2)C1. The van der Waals surface area contributed by atoms with Crippen molar-refractivity contribution in [2.75, 3.05) is 18.4 Å². The van der Waals surface area contributed by atoms with E-state index in [-0.39, 0.29) is 23.7 Å². The number of carbonyl (C=O) groups excluding carboxylic acids is 2. The molecule has 120 valence electrons. The molecule has 23 heavy (non-hydrogen) atoms. The summed E-state index contributed by atoms with van der Waals surface area (Å²) >= 11 is 1.26. The van der Waals surface area contributed by atoms with Crippen LogP contribution in [0.3, 0.4) is 0 Å². The summed E-state index contributed by atoms with van der Waals surface area (Å²) in [4.78, 5) is 29.1. The Bertz CT molecular complexity index is 749. The van der Waals surface area contributed by atoms with Crippen molar-refractivity contribution in [3.8, 4) is 11.3 Å². The summed E-state index contributed by atoms with van der Waals surface area (Å²) in [6, 6.07) is 5.80. The van der Waals surface area contributed by atoms with Crippen LogP contribution in [0, 0.1) is 11.7 Å². The Morgan fingerprint density at radius 2 is 2.26 bits per heavy atom. The Kier molecular flexibility index (Phi) is 4.24. The second kappa shape index (κ2) is 6.33. The first-order valence-electron chi connectivity index (χ1n) is 7.09. The van der Waals surface area contributed by atoms with E-state index in [0.29, 0.717) is 35.9 Å². The van der Waals surface area contributed by atoms with Gasteiger partial charge >= 0.3 is 6.03 Å². The van der Waals surface area contributed by atoms with Gasteiger partial charge in [0.2, 0.25) is 5.91 Å². The lowest BCUT2D eigenvalue weighted by Crippen LogP contribution is -2.34. The van der Waals surface area contributed by atoms with E-state index in [1.165, 1.54) is 23.5 Å². The van der Waals surface area contributed by atoms with Crippen LogP contribution in [0.5, 0.6) is 0 Å². The third-order valence-corrected chi connectivity index (χ3v) is 4.47. The molecule has 8 heteroatoms. The summed E-state index contributed by atoms with van der Waals surface area (Å²) in [6.45, 7) is 0.810. The molecule has 1 aliphatic heterocycles. The molecule has 1 aliphatic rings. The number of urea groups is 1. The summed E-state index contributed by atoms with van der Waals surface area (Å²) in [5.41, 5.74) is 6.50. The number of rotatable bonds is 3. The number of benzene rings is 1. The van der Waals surface area contributed by atoms with Crippen LogP contribution in [-0.4, -0.2) is 34.9 Å². The first-order valence-corrected chi connectivity index (χ1v) is 7.97. The van der Waals surface area contributed by atoms with E-state index in [4.69, 9.17) is 5.73 Å². The zero-order chi connectivity index (χ0) is 16.4. The smallest absolute Gasteiger partial charge is 0.323 e. The largest absolute Gasteiger partial charge is 0.369 e. The zero-order valence-corrected chi connectivity index (χ0v) is 13.0. The van der Waals surface area contributed by atoms with E-state index in [1.807, 2.05) is 0 Å². The predicted molar refractivity (Wildman–Crippen MR) is 85.4 cm³/mol. The minimum absolute atomic E-state index is 0.292. The van der Waals surface area contributed by atoms with Crippen LogP contribution in [0.15, 0.2) is 29.6 Å². The molecule has 6 nitrogen and oxygen atoms in total. The molecule has 3 rings (SSSR count). The van der Waals surface area contributed by atoms with E-state index >= 15 is 0 Å². The maximum Gasteiger partial charge on any atom is 0.323 e. The summed E-state index contributed by atoms with van der Waals surface area (Å²) in [7, 11) is 0. The van der Waals surface area contributed by atoms with Gasteiger partial charge in [0.25, 0.3) is 0 Å². The summed E-state index contributed by atoms with van der Waals surface area (Å²) in [6.07, 6.45) is 0.579. The molecule has 1 aromatic carbocycles. The molecule has 2 aromatic rings. The highest BCUT2D eigenvalue weighted by Gasteiger charge is 2.29. The number of halogens is 1. The fourth-order valence-corrected chi connectivity index (χ4v) is 3.17. The number of thiazole rings is 1. The van der Waals surface area contributed by atoms with Gasteiger partial charge in [-0.25, -0.2) is 14.2 Å². The third-order valence-electron chi connectivity index (χ3n) is 3.72. The molecule has 0 radical (unpaired) electrons. The summed E-state index contributed by atoms with van der Waals surface area (Å²) < 4.78 is 13.2. The van der Waals surface area contributed by atoms with Crippen molar-refractivity contribution in [2.45, 2.75) is 6.42 Å². The fourth-order valence-electron chi connectivity index (χ4n) is 2.46. The highest BCUT2D eigenvalue weighted by molar-refractivity contribution is 7.14. The molecule has 1 fully saturated rings. The quantitative estimate of drug-likeness (QED) is 0.902. The van der Waals surface area contributed by atoms with Gasteiger partial charge in [0.05, 0.1) is 11.6 Å². The van der Waals surface area contributed by atoms with Crippen molar-refractivity contribution >= 4 is 28.4 Å². The Labute approximate surface area is 136 Å². The number of nitrogens with one attached hydrogen (secondary N) is 1. The number of likely N-dealkylation sites (tertiary alicyclic amines) is 1. The van der Waals surface area contributed by atoms with Gasteiger partial charge in [-0.3, -0.25) is 10.1 Å². The van der Waals surface area contributed by atoms with E-state index in [2.05, 4.69) is 10.3 Å². The topological polar surface area (TPSA) is 88.3 Å². The first kappa shape index (κ1) is 15.4. The normalized spacial score (nSPS) is 17.3. The number of primary amides is 1. The van der Waals surface area contributed by atoms with Crippen molar-refractivity contribution < 1.29 is 14.0 Å². The van der Waals surface area contributed by atoms with Gasteiger partial charge in [0.15, 0.2) is 5.13 Å². The maximum atomic E-state index is 13.2. The number of carbonyl (C=O) groups is 2. The highest BCUT2D eigenvalue weighted by atomic mass is 32.1. The molecular formula is C15H15FN4O2S. The van der Waals surface area contributed by atoms with Crippen molar-refractivity contribution in [1.29, 1.82) is 0 Å². The van der Waals surface area contributed by atoms with Crippen LogP contribution >= 0.6 is 11.3 Å². The number of nitrogens with zero attached hydrogens (tertiary/aromatic N) is 2. The second-order valence-corrected chi connectivity index (χ2v) is 6.17. The van der Waals surface area contributed by atoms with Crippen LogP contribution in [-0.2, 0) is 4.79 Å². The molecule has 2 heterocycles. The van der Waals surface area contributed by atoms with Gasteiger partial charge in [0, 0.05) is 24.0 Å². The Morgan fingerprint density at radius 3 is 2.96 bits per heavy atom. The number of nitrogens with two attached hydrogens (primary N) is 1. The van der Waals surface area contributed by atoms with Gasteiger partial charge < -0.3 is 10.6 Å². The number of amides is 3. The molecule has 0 saturated carbocycles. The summed E-state index contributed by atoms with van der Waals surface area (Å²) in [5.74, 6) is -1.02. The van der Waals surface area contributed by atoms with Gasteiger partial charge in [-0.2, -0.15) is 0 Å². The highest BCUT2D eigenvalue weighted by Crippen LogP contribution is 2.26. The van der Waals surface area contributed by atoms with E-state index < -0.39 is 0 Å². The predicted octanol–water partition coefficient (Wildman–Crippen LogP) is 2.29. The van der Waals surface area contributed by atoms with Crippen molar-refractivity contribution in [2.24, 2.45) is 11.7 Å². The standard InChI is InChI=1S/C15H15FN4O2S/c16-11-3-1-2-9(6-11)12-8-23-14(18-12)19-15(22)20-5-4-10(7-20)13(17)21/h1-3,6,8,10H,4-5,7H2,(H2,17,21)(H,18,19,22)/t10-/m0/s1. The van der Waals surface area contributed by atoms with E-state index in [0.717, 1.165) is 0 Å². The third kappa shape index (κ3) is 3.48. The van der Waals surface area contributed by atoms with Gasteiger partial charge in [-0.05, 0) is 18.6 Å². The Morgan fingerprint density at radius 1 is 1.43 bits per heavy atom. The molecule has 0 aliphatic carbocycles. The van der Waals surface area contributed by atoms with Crippen molar-refractivity contribution in [3.05, 3.63) is 35.5 Å². The Hall–Kier alpha value is -2.48. The van der Waals surface area contributed by atoms with E-state index in [9.17, 15) is 14.0 Å². The van der Waals surface area contributed by atoms with Gasteiger partial charge in [-0.15, -0.1) is 11.3 Å². The fraction of sp³-hybridized carbons (Fsp3) is 0.267. The molecular weight excluding hydrogens is 319 g/mol. The lowest BCUT2D eigenvalue weighted by molar-refractivity contribution is -0.121. The average Bonchev–Trinajstić information content (AvgIpc) is 3.16. The van der Waals surface area contributed by atoms with Gasteiger partial charge in [-0.1, -0.05) is 12.1 Å². The number of aromatic nitrogens is 1. The Balaban J connectivity index is 1.65. The average molecular weight is 334 g/mol. The van der Waals surface area contributed by atoms with Crippen molar-refractivity contribution in [1.82, 2.24) is 9.88 Å². The monoisotopic (exact) mass is 334 g/mol. The number of hydrogen-bond acceptors (Lipinski definition) is 4. The molecule has 1 atom stereocenters. The minimum Gasteiger partial charge on any atom is -0.369 e. The molecule has 0 bridgehead atoms. The van der Waals surface area contributed by atoms with Crippen LogP contribution in [0.2, 0.25) is 0 Å². The molecule has 1 saturated heterocycles. The minimum atomic E-state index is -0.386. The molecule has 0 spiro atoms. The lowest BCUT2D eigenvalue weighted by atomic mass is 10.1. The lowest BCUT2D eigenvalue weighted by Gasteiger charge is -2.15. The molecule has 1 aromatic heterocycles. The van der Waals surface area contributed by atoms with Crippen LogP contribution in [0.1, 0.15) is 6.42 Å². The first-order chi connectivity index (χ1) is 11.0. The second-order valence-electron chi connectivity index (χ2n) is 5.31. The number of hydrogen-bond donors (Lipinski definition) is 2.